The zero-order valence-corrected chi connectivity index (χ0v) is 14.1. The molecule has 0 aliphatic rings. The van der Waals surface area contributed by atoms with Gasteiger partial charge in [0.2, 0.25) is 0 Å². The average Bonchev–Trinajstić information content (AvgIpc) is 2.86. The minimum absolute atomic E-state index is 0.259. The zero-order valence-electron chi connectivity index (χ0n) is 11.0. The first-order valence-corrected chi connectivity index (χ1v) is 8.09. The van der Waals surface area contributed by atoms with Gasteiger partial charge in [-0.3, -0.25) is 4.79 Å². The Kier molecular flexibility index (Phi) is 5.56. The zero-order chi connectivity index (χ0) is 15.4. The number of carbonyl (C=O) groups is 1. The van der Waals surface area contributed by atoms with Crippen LogP contribution in [-0.2, 0) is 6.54 Å². The van der Waals surface area contributed by atoms with Crippen molar-refractivity contribution in [3.8, 4) is 0 Å². The standard InChI is InChI=1S/C15H12BrClFNOS/c1-2-7-19(9-11-4-6-14(17)21-11)15(20)12-8-10(18)3-5-13(12)16/h2-6,8H,1,7,9H2. The third-order valence-electron chi connectivity index (χ3n) is 2.77. The van der Waals surface area contributed by atoms with Crippen LogP contribution in [0, 0.1) is 5.82 Å². The second-order valence-corrected chi connectivity index (χ2v) is 6.96. The third kappa shape index (κ3) is 4.15. The van der Waals surface area contributed by atoms with Gasteiger partial charge >= 0.3 is 0 Å². The molecule has 0 atom stereocenters. The number of benzene rings is 1. The Balaban J connectivity index is 2.26. The highest BCUT2D eigenvalue weighted by atomic mass is 79.9. The fourth-order valence-corrected chi connectivity index (χ4v) is 3.35. The van der Waals surface area contributed by atoms with Crippen molar-refractivity contribution in [3.05, 3.63) is 68.1 Å². The Bertz CT molecular complexity index is 673. The first-order chi connectivity index (χ1) is 10.0. The average molecular weight is 389 g/mol. The van der Waals surface area contributed by atoms with Crippen LogP contribution < -0.4 is 0 Å². The van der Waals surface area contributed by atoms with Crippen LogP contribution in [0.1, 0.15) is 15.2 Å². The minimum atomic E-state index is -0.445. The maximum Gasteiger partial charge on any atom is 0.255 e. The first-order valence-electron chi connectivity index (χ1n) is 6.10. The van der Waals surface area contributed by atoms with E-state index in [1.54, 1.807) is 17.0 Å². The predicted octanol–water partition coefficient (Wildman–Crippen LogP) is 5.13. The summed E-state index contributed by atoms with van der Waals surface area (Å²) < 4.78 is 14.6. The summed E-state index contributed by atoms with van der Waals surface area (Å²) in [6.45, 7) is 4.44. The molecule has 0 spiro atoms. The lowest BCUT2D eigenvalue weighted by molar-refractivity contribution is 0.0763. The van der Waals surface area contributed by atoms with E-state index in [2.05, 4.69) is 22.5 Å². The third-order valence-corrected chi connectivity index (χ3v) is 4.68. The number of halogens is 3. The molecule has 0 radical (unpaired) electrons. The van der Waals surface area contributed by atoms with E-state index in [4.69, 9.17) is 11.6 Å². The monoisotopic (exact) mass is 387 g/mol. The van der Waals surface area contributed by atoms with Crippen LogP contribution in [0.25, 0.3) is 0 Å². The molecule has 0 saturated heterocycles. The van der Waals surface area contributed by atoms with Crippen molar-refractivity contribution in [3.63, 3.8) is 0 Å². The summed E-state index contributed by atoms with van der Waals surface area (Å²) in [5.74, 6) is -0.704. The highest BCUT2D eigenvalue weighted by Crippen LogP contribution is 2.25. The number of amides is 1. The number of hydrogen-bond acceptors (Lipinski definition) is 2. The van der Waals surface area contributed by atoms with E-state index in [-0.39, 0.29) is 5.91 Å². The Hall–Kier alpha value is -1.17. The number of hydrogen-bond donors (Lipinski definition) is 0. The lowest BCUT2D eigenvalue weighted by Crippen LogP contribution is -2.30. The molecule has 21 heavy (non-hydrogen) atoms. The molecule has 0 saturated carbocycles. The molecule has 6 heteroatoms. The Morgan fingerprint density at radius 3 is 2.81 bits per heavy atom. The second-order valence-electron chi connectivity index (χ2n) is 4.30. The van der Waals surface area contributed by atoms with E-state index in [0.717, 1.165) is 4.88 Å². The molecule has 0 aliphatic carbocycles. The van der Waals surface area contributed by atoms with Gasteiger partial charge in [-0.2, -0.15) is 0 Å². The van der Waals surface area contributed by atoms with Crippen molar-refractivity contribution in [2.45, 2.75) is 6.54 Å². The maximum atomic E-state index is 13.4. The topological polar surface area (TPSA) is 20.3 Å². The molecule has 0 bridgehead atoms. The summed E-state index contributed by atoms with van der Waals surface area (Å²) >= 11 is 10.6. The summed E-state index contributed by atoms with van der Waals surface area (Å²) in [4.78, 5) is 15.1. The van der Waals surface area contributed by atoms with E-state index in [1.807, 2.05) is 6.07 Å². The summed E-state index contributed by atoms with van der Waals surface area (Å²) in [6.07, 6.45) is 1.64. The van der Waals surface area contributed by atoms with Crippen molar-refractivity contribution in [1.82, 2.24) is 4.90 Å². The lowest BCUT2D eigenvalue weighted by Gasteiger charge is -2.21. The molecule has 1 aromatic heterocycles. The van der Waals surface area contributed by atoms with E-state index >= 15 is 0 Å². The molecule has 110 valence electrons. The molecule has 1 aromatic carbocycles. The van der Waals surface area contributed by atoms with Gasteiger partial charge in [-0.1, -0.05) is 17.7 Å². The predicted molar refractivity (Wildman–Crippen MR) is 88.4 cm³/mol. The van der Waals surface area contributed by atoms with Gasteiger partial charge in [0, 0.05) is 15.9 Å². The molecule has 0 fully saturated rings. The highest BCUT2D eigenvalue weighted by Gasteiger charge is 2.19. The van der Waals surface area contributed by atoms with Gasteiger partial charge in [0.15, 0.2) is 0 Å². The van der Waals surface area contributed by atoms with Gasteiger partial charge in [0.05, 0.1) is 16.4 Å². The van der Waals surface area contributed by atoms with Crippen LogP contribution in [0.2, 0.25) is 4.34 Å². The van der Waals surface area contributed by atoms with Gasteiger partial charge in [0.1, 0.15) is 5.82 Å². The van der Waals surface area contributed by atoms with Gasteiger partial charge in [-0.15, -0.1) is 17.9 Å². The van der Waals surface area contributed by atoms with Crippen molar-refractivity contribution in [2.75, 3.05) is 6.54 Å². The van der Waals surface area contributed by atoms with E-state index in [0.29, 0.717) is 27.5 Å². The summed E-state index contributed by atoms with van der Waals surface area (Å²) in [5.41, 5.74) is 0.291. The molecule has 0 N–H and O–H groups in total. The molecule has 2 aromatic rings. The van der Waals surface area contributed by atoms with Gasteiger partial charge < -0.3 is 4.90 Å². The van der Waals surface area contributed by atoms with Crippen molar-refractivity contribution < 1.29 is 9.18 Å². The van der Waals surface area contributed by atoms with Crippen LogP contribution >= 0.6 is 38.9 Å². The molecular weight excluding hydrogens is 377 g/mol. The highest BCUT2D eigenvalue weighted by molar-refractivity contribution is 9.10. The van der Waals surface area contributed by atoms with Crippen molar-refractivity contribution >= 4 is 44.8 Å². The fraction of sp³-hybridized carbons (Fsp3) is 0.133. The second kappa shape index (κ2) is 7.20. The number of rotatable bonds is 5. The Morgan fingerprint density at radius 2 is 2.19 bits per heavy atom. The molecule has 2 nitrogen and oxygen atoms in total. The van der Waals surface area contributed by atoms with Gasteiger partial charge in [0.25, 0.3) is 5.91 Å². The number of carbonyl (C=O) groups excluding carboxylic acids is 1. The van der Waals surface area contributed by atoms with Crippen LogP contribution in [0.5, 0.6) is 0 Å². The van der Waals surface area contributed by atoms with Crippen LogP contribution in [0.4, 0.5) is 4.39 Å². The summed E-state index contributed by atoms with van der Waals surface area (Å²) in [5, 5.41) is 0. The Morgan fingerprint density at radius 1 is 1.43 bits per heavy atom. The normalized spacial score (nSPS) is 10.4. The molecule has 1 amide bonds. The molecule has 0 unspecified atom stereocenters. The smallest absolute Gasteiger partial charge is 0.255 e. The van der Waals surface area contributed by atoms with Gasteiger partial charge in [-0.25, -0.2) is 4.39 Å². The van der Waals surface area contributed by atoms with Crippen LogP contribution in [-0.4, -0.2) is 17.4 Å². The molecular formula is C15H12BrClFNOS. The summed E-state index contributed by atoms with van der Waals surface area (Å²) in [6, 6.07) is 7.71. The van der Waals surface area contributed by atoms with Crippen LogP contribution in [0.3, 0.4) is 0 Å². The van der Waals surface area contributed by atoms with Crippen molar-refractivity contribution in [1.29, 1.82) is 0 Å². The Labute approximate surface area is 140 Å². The van der Waals surface area contributed by atoms with Gasteiger partial charge in [-0.05, 0) is 46.3 Å². The van der Waals surface area contributed by atoms with Crippen molar-refractivity contribution in [2.24, 2.45) is 0 Å². The molecule has 0 aliphatic heterocycles. The molecule has 2 rings (SSSR count). The SMILES string of the molecule is C=CCN(Cc1ccc(Cl)s1)C(=O)c1cc(F)ccc1Br. The van der Waals surface area contributed by atoms with E-state index < -0.39 is 5.82 Å². The largest absolute Gasteiger partial charge is 0.330 e. The summed E-state index contributed by atoms with van der Waals surface area (Å²) in [7, 11) is 0. The molecule has 1 heterocycles. The van der Waals surface area contributed by atoms with Crippen LogP contribution in [0.15, 0.2) is 47.5 Å². The maximum absolute atomic E-state index is 13.4. The fourth-order valence-electron chi connectivity index (χ4n) is 1.83. The van der Waals surface area contributed by atoms with E-state index in [9.17, 15) is 9.18 Å². The quantitative estimate of drug-likeness (QED) is 0.650. The first kappa shape index (κ1) is 16.2. The lowest BCUT2D eigenvalue weighted by atomic mass is 10.2. The number of thiophene rings is 1. The van der Waals surface area contributed by atoms with E-state index in [1.165, 1.54) is 29.5 Å². The minimum Gasteiger partial charge on any atom is -0.330 e. The number of nitrogens with zero attached hydrogens (tertiary/aromatic N) is 1.